The molecule has 0 aliphatic rings. The van der Waals surface area contributed by atoms with Crippen molar-refractivity contribution in [2.24, 2.45) is 0 Å². The molecule has 0 radical (unpaired) electrons. The first-order chi connectivity index (χ1) is 7.70. The fraction of sp³-hybridized carbons (Fsp3) is 0.0833. The molecule has 2 nitrogen and oxygen atoms in total. The first kappa shape index (κ1) is 10.9. The predicted molar refractivity (Wildman–Crippen MR) is 61.2 cm³/mol. The van der Waals surface area contributed by atoms with Gasteiger partial charge in [-0.05, 0) is 18.2 Å². The van der Waals surface area contributed by atoms with Crippen LogP contribution < -0.4 is 4.74 Å². The maximum atomic E-state index is 13.0. The van der Waals surface area contributed by atoms with Crippen molar-refractivity contribution in [1.82, 2.24) is 4.98 Å². The summed E-state index contributed by atoms with van der Waals surface area (Å²) in [4.78, 5) is 4.08. The minimum absolute atomic E-state index is 0.320. The molecule has 0 atom stereocenters. The summed E-state index contributed by atoms with van der Waals surface area (Å²) >= 11 is 5.90. The lowest BCUT2D eigenvalue weighted by molar-refractivity contribution is 0.415. The van der Waals surface area contributed by atoms with Crippen LogP contribution in [0.25, 0.3) is 11.3 Å². The van der Waals surface area contributed by atoms with Crippen LogP contribution >= 0.6 is 11.6 Å². The number of pyridine rings is 1. The molecule has 82 valence electrons. The fourth-order valence-corrected chi connectivity index (χ4v) is 1.58. The summed E-state index contributed by atoms with van der Waals surface area (Å²) in [6.07, 6.45) is 1.42. The maximum absolute atomic E-state index is 13.0. The molecule has 0 saturated carbocycles. The molecule has 4 heteroatoms. The van der Waals surface area contributed by atoms with Gasteiger partial charge < -0.3 is 4.74 Å². The SMILES string of the molecule is COc1cc(-c2cc(F)ccn2)ccc1Cl. The fourth-order valence-electron chi connectivity index (χ4n) is 1.38. The first-order valence-corrected chi connectivity index (χ1v) is 5.04. The first-order valence-electron chi connectivity index (χ1n) is 4.66. The Bertz CT molecular complexity index is 516. The van der Waals surface area contributed by atoms with Crippen LogP contribution in [0.3, 0.4) is 0 Å². The van der Waals surface area contributed by atoms with Crippen molar-refractivity contribution in [2.45, 2.75) is 0 Å². The smallest absolute Gasteiger partial charge is 0.138 e. The van der Waals surface area contributed by atoms with E-state index in [1.165, 1.54) is 25.4 Å². The van der Waals surface area contributed by atoms with E-state index in [0.717, 1.165) is 5.56 Å². The standard InChI is InChI=1S/C12H9ClFNO/c1-16-12-6-8(2-3-10(12)13)11-7-9(14)4-5-15-11/h2-7H,1H3. The normalized spacial score (nSPS) is 10.2. The number of hydrogen-bond donors (Lipinski definition) is 0. The van der Waals surface area contributed by atoms with Gasteiger partial charge in [0.05, 0.1) is 17.8 Å². The zero-order chi connectivity index (χ0) is 11.5. The van der Waals surface area contributed by atoms with Crippen LogP contribution in [0.5, 0.6) is 5.75 Å². The molecule has 16 heavy (non-hydrogen) atoms. The Kier molecular flexibility index (Phi) is 3.06. The largest absolute Gasteiger partial charge is 0.495 e. The minimum Gasteiger partial charge on any atom is -0.495 e. The second-order valence-electron chi connectivity index (χ2n) is 3.21. The summed E-state index contributed by atoms with van der Waals surface area (Å²) < 4.78 is 18.1. The van der Waals surface area contributed by atoms with E-state index in [9.17, 15) is 4.39 Å². The summed E-state index contributed by atoms with van der Waals surface area (Å²) in [6.45, 7) is 0. The quantitative estimate of drug-likeness (QED) is 0.797. The van der Waals surface area contributed by atoms with Crippen molar-refractivity contribution in [3.8, 4) is 17.0 Å². The summed E-state index contributed by atoms with van der Waals surface area (Å²) in [5.74, 6) is 0.226. The van der Waals surface area contributed by atoms with Crippen molar-refractivity contribution in [2.75, 3.05) is 7.11 Å². The maximum Gasteiger partial charge on any atom is 0.138 e. The number of nitrogens with zero attached hydrogens (tertiary/aromatic N) is 1. The Labute approximate surface area is 97.7 Å². The van der Waals surface area contributed by atoms with E-state index in [4.69, 9.17) is 16.3 Å². The average Bonchev–Trinajstić information content (AvgIpc) is 2.29. The van der Waals surface area contributed by atoms with Gasteiger partial charge in [0.15, 0.2) is 0 Å². The number of halogens is 2. The van der Waals surface area contributed by atoms with E-state index in [2.05, 4.69) is 4.98 Å². The van der Waals surface area contributed by atoms with Gasteiger partial charge in [-0.1, -0.05) is 17.7 Å². The van der Waals surface area contributed by atoms with E-state index >= 15 is 0 Å². The van der Waals surface area contributed by atoms with Gasteiger partial charge in [0.25, 0.3) is 0 Å². The molecule has 0 spiro atoms. The third-order valence-corrected chi connectivity index (χ3v) is 2.48. The minimum atomic E-state index is -0.320. The summed E-state index contributed by atoms with van der Waals surface area (Å²) in [5, 5.41) is 0.516. The zero-order valence-corrected chi connectivity index (χ0v) is 9.33. The van der Waals surface area contributed by atoms with Gasteiger partial charge >= 0.3 is 0 Å². The molecule has 1 heterocycles. The van der Waals surface area contributed by atoms with Crippen LogP contribution in [0.2, 0.25) is 5.02 Å². The monoisotopic (exact) mass is 237 g/mol. The van der Waals surface area contributed by atoms with E-state index in [-0.39, 0.29) is 5.82 Å². The average molecular weight is 238 g/mol. The highest BCUT2D eigenvalue weighted by Crippen LogP contribution is 2.29. The second kappa shape index (κ2) is 4.49. The van der Waals surface area contributed by atoms with Gasteiger partial charge in [0.1, 0.15) is 11.6 Å². The number of hydrogen-bond acceptors (Lipinski definition) is 2. The van der Waals surface area contributed by atoms with Crippen LogP contribution in [0.4, 0.5) is 4.39 Å². The van der Waals surface area contributed by atoms with Crippen molar-refractivity contribution in [3.63, 3.8) is 0 Å². The highest BCUT2D eigenvalue weighted by atomic mass is 35.5. The summed E-state index contributed by atoms with van der Waals surface area (Å²) in [5.41, 5.74) is 1.32. The number of rotatable bonds is 2. The third kappa shape index (κ3) is 2.14. The molecule has 2 aromatic rings. The lowest BCUT2D eigenvalue weighted by Crippen LogP contribution is -1.88. The van der Waals surface area contributed by atoms with Crippen molar-refractivity contribution < 1.29 is 9.13 Å². The van der Waals surface area contributed by atoms with Crippen LogP contribution in [0, 0.1) is 5.82 Å². The molecule has 0 saturated heterocycles. The van der Waals surface area contributed by atoms with Crippen LogP contribution in [0.15, 0.2) is 36.5 Å². The van der Waals surface area contributed by atoms with Gasteiger partial charge in [0.2, 0.25) is 0 Å². The Morgan fingerprint density at radius 1 is 1.25 bits per heavy atom. The highest BCUT2D eigenvalue weighted by molar-refractivity contribution is 6.32. The van der Waals surface area contributed by atoms with Gasteiger partial charge in [-0.15, -0.1) is 0 Å². The van der Waals surface area contributed by atoms with Crippen LogP contribution in [0.1, 0.15) is 0 Å². The van der Waals surface area contributed by atoms with Gasteiger partial charge in [-0.25, -0.2) is 4.39 Å². The van der Waals surface area contributed by atoms with E-state index in [1.807, 2.05) is 0 Å². The molecule has 0 aliphatic carbocycles. The number of ether oxygens (including phenoxy) is 1. The summed E-state index contributed by atoms with van der Waals surface area (Å²) in [7, 11) is 1.53. The molecule has 1 aromatic carbocycles. The highest BCUT2D eigenvalue weighted by Gasteiger charge is 2.05. The number of methoxy groups -OCH3 is 1. The molecule has 0 unspecified atom stereocenters. The molecular weight excluding hydrogens is 229 g/mol. The van der Waals surface area contributed by atoms with Crippen molar-refractivity contribution in [3.05, 3.63) is 47.4 Å². The van der Waals surface area contributed by atoms with Gasteiger partial charge in [-0.2, -0.15) is 0 Å². The molecule has 0 aliphatic heterocycles. The molecule has 2 rings (SSSR count). The predicted octanol–water partition coefficient (Wildman–Crippen LogP) is 3.55. The van der Waals surface area contributed by atoms with E-state index in [0.29, 0.717) is 16.5 Å². The van der Waals surface area contributed by atoms with E-state index in [1.54, 1.807) is 18.2 Å². The molecule has 1 aromatic heterocycles. The van der Waals surface area contributed by atoms with Crippen molar-refractivity contribution >= 4 is 11.6 Å². The molecule has 0 amide bonds. The van der Waals surface area contributed by atoms with Crippen LogP contribution in [-0.2, 0) is 0 Å². The summed E-state index contributed by atoms with van der Waals surface area (Å²) in [6, 6.07) is 7.86. The third-order valence-electron chi connectivity index (χ3n) is 2.17. The van der Waals surface area contributed by atoms with Crippen molar-refractivity contribution in [1.29, 1.82) is 0 Å². The van der Waals surface area contributed by atoms with Crippen LogP contribution in [-0.4, -0.2) is 12.1 Å². The molecule has 0 N–H and O–H groups in total. The Morgan fingerprint density at radius 2 is 2.06 bits per heavy atom. The Morgan fingerprint density at radius 3 is 2.75 bits per heavy atom. The Hall–Kier alpha value is -1.61. The van der Waals surface area contributed by atoms with E-state index < -0.39 is 0 Å². The number of benzene rings is 1. The zero-order valence-electron chi connectivity index (χ0n) is 8.58. The Balaban J connectivity index is 2.48. The lowest BCUT2D eigenvalue weighted by Gasteiger charge is -2.06. The van der Waals surface area contributed by atoms with Gasteiger partial charge in [-0.3, -0.25) is 4.98 Å². The second-order valence-corrected chi connectivity index (χ2v) is 3.62. The van der Waals surface area contributed by atoms with Gasteiger partial charge in [0, 0.05) is 17.8 Å². The number of aromatic nitrogens is 1. The molecule has 0 fully saturated rings. The topological polar surface area (TPSA) is 22.1 Å². The molecule has 0 bridgehead atoms. The molecular formula is C12H9ClFNO. The lowest BCUT2D eigenvalue weighted by atomic mass is 10.1.